The molecule has 2 aromatic rings. The summed E-state index contributed by atoms with van der Waals surface area (Å²) in [6.45, 7) is -0.0564. The van der Waals surface area contributed by atoms with Crippen LogP contribution in [0.15, 0.2) is 36.4 Å². The summed E-state index contributed by atoms with van der Waals surface area (Å²) in [6.07, 6.45) is 1.44. The second-order valence-corrected chi connectivity index (χ2v) is 8.62. The van der Waals surface area contributed by atoms with E-state index >= 15 is 0 Å². The Morgan fingerprint density at radius 1 is 0.958 bits per heavy atom. The molecule has 0 unspecified atom stereocenters. The van der Waals surface area contributed by atoms with Crippen LogP contribution in [0.25, 0.3) is 0 Å². The minimum atomic E-state index is -3.58. The van der Waals surface area contributed by atoms with Gasteiger partial charge in [0.05, 0.1) is 12.9 Å². The molecule has 0 spiro atoms. The van der Waals surface area contributed by atoms with Crippen molar-refractivity contribution in [1.82, 2.24) is 0 Å². The molecule has 0 radical (unpaired) electrons. The predicted octanol–water partition coefficient (Wildman–Crippen LogP) is 5.60. The minimum absolute atomic E-state index is 0.0564. The van der Waals surface area contributed by atoms with E-state index in [9.17, 15) is 8.42 Å². The number of halogens is 4. The van der Waals surface area contributed by atoms with E-state index in [0.717, 1.165) is 17.4 Å². The molecule has 2 rings (SSSR count). The molecular weight excluding hydrogens is 414 g/mol. The minimum Gasteiger partial charge on any atom is -0.270 e. The van der Waals surface area contributed by atoms with Crippen molar-refractivity contribution in [2.45, 2.75) is 12.3 Å². The van der Waals surface area contributed by atoms with Crippen LogP contribution < -0.4 is 0 Å². The summed E-state index contributed by atoms with van der Waals surface area (Å²) in [6, 6.07) is 10.2. The molecule has 0 aromatic heterocycles. The van der Waals surface area contributed by atoms with Crippen molar-refractivity contribution in [3.8, 4) is 0 Å². The van der Waals surface area contributed by atoms with Gasteiger partial charge in [0.25, 0.3) is 10.1 Å². The Labute approximate surface area is 161 Å². The highest BCUT2D eigenvalue weighted by Crippen LogP contribution is 2.33. The van der Waals surface area contributed by atoms with E-state index in [2.05, 4.69) is 0 Å². The average Bonchev–Trinajstić information content (AvgIpc) is 2.45. The molecule has 0 aliphatic rings. The molecule has 0 saturated heterocycles. The van der Waals surface area contributed by atoms with E-state index < -0.39 is 10.1 Å². The quantitative estimate of drug-likeness (QED) is 0.563. The fraction of sp³-hybridized carbons (Fsp3) is 0.250. The zero-order valence-corrected chi connectivity index (χ0v) is 16.4. The first-order valence-electron chi connectivity index (χ1n) is 6.89. The van der Waals surface area contributed by atoms with Crippen LogP contribution in [0, 0.1) is 0 Å². The first-order valence-corrected chi connectivity index (χ1v) is 10.2. The molecule has 1 atom stereocenters. The Bertz CT molecular complexity index is 837. The summed E-state index contributed by atoms with van der Waals surface area (Å²) in [5.74, 6) is -0.317. The molecule has 0 aliphatic carbocycles. The van der Waals surface area contributed by atoms with Crippen molar-refractivity contribution in [3.63, 3.8) is 0 Å². The molecule has 0 aliphatic heterocycles. The third-order valence-electron chi connectivity index (χ3n) is 3.37. The Morgan fingerprint density at radius 2 is 1.54 bits per heavy atom. The number of hydrogen-bond acceptors (Lipinski definition) is 3. The predicted molar refractivity (Wildman–Crippen MR) is 100 cm³/mol. The topological polar surface area (TPSA) is 43.4 Å². The van der Waals surface area contributed by atoms with Gasteiger partial charge in [-0.25, -0.2) is 0 Å². The van der Waals surface area contributed by atoms with Crippen LogP contribution >= 0.6 is 46.4 Å². The Balaban J connectivity index is 2.34. The van der Waals surface area contributed by atoms with Crippen LogP contribution in [-0.2, 0) is 20.7 Å². The zero-order chi connectivity index (χ0) is 17.9. The van der Waals surface area contributed by atoms with Gasteiger partial charge in [-0.05, 0) is 41.8 Å². The lowest BCUT2D eigenvalue weighted by Gasteiger charge is -2.19. The second-order valence-electron chi connectivity index (χ2n) is 5.29. The van der Waals surface area contributed by atoms with Crippen molar-refractivity contribution < 1.29 is 12.6 Å². The van der Waals surface area contributed by atoms with Crippen molar-refractivity contribution in [2.75, 3.05) is 12.9 Å². The SMILES string of the molecule is CS(=O)(=O)OC[C@@H](Cc1ccc(Cl)cc1Cl)c1ccc(Cl)cc1Cl. The summed E-state index contributed by atoms with van der Waals surface area (Å²) >= 11 is 24.3. The van der Waals surface area contributed by atoms with Gasteiger partial charge in [0.2, 0.25) is 0 Å². The molecule has 3 nitrogen and oxygen atoms in total. The van der Waals surface area contributed by atoms with Gasteiger partial charge in [0.15, 0.2) is 0 Å². The van der Waals surface area contributed by atoms with Gasteiger partial charge in [-0.2, -0.15) is 8.42 Å². The van der Waals surface area contributed by atoms with Crippen LogP contribution in [-0.4, -0.2) is 21.3 Å². The second kappa shape index (κ2) is 8.26. The standard InChI is InChI=1S/C16H14Cl4O3S/c1-24(21,22)23-9-11(14-5-4-13(18)8-16(14)20)6-10-2-3-12(17)7-15(10)19/h2-5,7-8,11H,6,9H2,1H3/t11-/m1/s1. The smallest absolute Gasteiger partial charge is 0.264 e. The summed E-state index contributed by atoms with van der Waals surface area (Å²) in [5, 5.41) is 1.96. The lowest BCUT2D eigenvalue weighted by Crippen LogP contribution is -2.15. The third kappa shape index (κ3) is 5.80. The Kier molecular flexibility index (Phi) is 6.82. The van der Waals surface area contributed by atoms with Crippen LogP contribution in [0.2, 0.25) is 20.1 Å². The first-order chi connectivity index (χ1) is 11.2. The van der Waals surface area contributed by atoms with Gasteiger partial charge >= 0.3 is 0 Å². The normalized spacial score (nSPS) is 13.0. The first kappa shape index (κ1) is 19.8. The third-order valence-corrected chi connectivity index (χ3v) is 5.08. The Morgan fingerprint density at radius 3 is 2.08 bits per heavy atom. The molecule has 24 heavy (non-hydrogen) atoms. The van der Waals surface area contributed by atoms with Crippen molar-refractivity contribution >= 4 is 56.5 Å². The molecule has 8 heteroatoms. The molecule has 2 aromatic carbocycles. The molecule has 0 saturated carbocycles. The summed E-state index contributed by atoms with van der Waals surface area (Å²) in [5.41, 5.74) is 1.55. The van der Waals surface area contributed by atoms with E-state index in [1.165, 1.54) is 0 Å². The van der Waals surface area contributed by atoms with E-state index in [-0.39, 0.29) is 12.5 Å². The number of rotatable bonds is 6. The van der Waals surface area contributed by atoms with Crippen molar-refractivity contribution in [2.24, 2.45) is 0 Å². The van der Waals surface area contributed by atoms with Gasteiger partial charge < -0.3 is 0 Å². The van der Waals surface area contributed by atoms with E-state index in [1.54, 1.807) is 36.4 Å². The van der Waals surface area contributed by atoms with Crippen LogP contribution in [0.4, 0.5) is 0 Å². The van der Waals surface area contributed by atoms with E-state index in [1.807, 2.05) is 0 Å². The fourth-order valence-corrected chi connectivity index (χ4v) is 3.71. The molecule has 0 amide bonds. The van der Waals surface area contributed by atoms with E-state index in [0.29, 0.717) is 26.5 Å². The molecule has 130 valence electrons. The van der Waals surface area contributed by atoms with Crippen LogP contribution in [0.3, 0.4) is 0 Å². The maximum Gasteiger partial charge on any atom is 0.264 e. The van der Waals surface area contributed by atoms with Gasteiger partial charge in [0.1, 0.15) is 0 Å². The highest BCUT2D eigenvalue weighted by molar-refractivity contribution is 7.85. The van der Waals surface area contributed by atoms with Crippen LogP contribution in [0.1, 0.15) is 17.0 Å². The van der Waals surface area contributed by atoms with Crippen molar-refractivity contribution in [1.29, 1.82) is 0 Å². The highest BCUT2D eigenvalue weighted by Gasteiger charge is 2.20. The Hall–Kier alpha value is -0.490. The molecule has 0 fully saturated rings. The molecular formula is C16H14Cl4O3S. The average molecular weight is 428 g/mol. The lowest BCUT2D eigenvalue weighted by molar-refractivity contribution is 0.293. The number of benzene rings is 2. The summed E-state index contributed by atoms with van der Waals surface area (Å²) in [7, 11) is -3.58. The lowest BCUT2D eigenvalue weighted by atomic mass is 9.92. The van der Waals surface area contributed by atoms with Gasteiger partial charge in [0, 0.05) is 26.0 Å². The maximum atomic E-state index is 11.4. The van der Waals surface area contributed by atoms with Crippen molar-refractivity contribution in [3.05, 3.63) is 67.6 Å². The monoisotopic (exact) mass is 426 g/mol. The fourth-order valence-electron chi connectivity index (χ4n) is 2.25. The molecule has 0 heterocycles. The molecule has 0 bridgehead atoms. The van der Waals surface area contributed by atoms with Gasteiger partial charge in [-0.1, -0.05) is 58.5 Å². The molecule has 0 N–H and O–H groups in total. The highest BCUT2D eigenvalue weighted by atomic mass is 35.5. The van der Waals surface area contributed by atoms with Crippen LogP contribution in [0.5, 0.6) is 0 Å². The van der Waals surface area contributed by atoms with Gasteiger partial charge in [-0.3, -0.25) is 4.18 Å². The number of hydrogen-bond donors (Lipinski definition) is 0. The summed E-state index contributed by atoms with van der Waals surface area (Å²) in [4.78, 5) is 0. The van der Waals surface area contributed by atoms with E-state index in [4.69, 9.17) is 50.6 Å². The summed E-state index contributed by atoms with van der Waals surface area (Å²) < 4.78 is 27.7. The zero-order valence-electron chi connectivity index (χ0n) is 12.6. The largest absolute Gasteiger partial charge is 0.270 e. The maximum absolute atomic E-state index is 11.4. The van der Waals surface area contributed by atoms with Gasteiger partial charge in [-0.15, -0.1) is 0 Å².